The number of piperidine rings is 1. The second-order valence-corrected chi connectivity index (χ2v) is 7.95. The summed E-state index contributed by atoms with van der Waals surface area (Å²) in [6.45, 7) is 11.2. The number of amides is 1. The van der Waals surface area contributed by atoms with Gasteiger partial charge < -0.3 is 4.90 Å². The summed E-state index contributed by atoms with van der Waals surface area (Å²) in [6.07, 6.45) is 5.01. The number of carbonyl (C=O) groups is 1. The lowest BCUT2D eigenvalue weighted by Crippen LogP contribution is -2.49. The summed E-state index contributed by atoms with van der Waals surface area (Å²) in [5, 5.41) is 0. The first-order chi connectivity index (χ1) is 11.3. The van der Waals surface area contributed by atoms with Crippen molar-refractivity contribution in [1.29, 1.82) is 0 Å². The molecule has 128 valence electrons. The molecule has 0 spiro atoms. The molecule has 0 radical (unpaired) electrons. The maximum Gasteiger partial charge on any atom is 0.227 e. The van der Waals surface area contributed by atoms with Gasteiger partial charge in [-0.1, -0.05) is 61.4 Å². The third-order valence-electron chi connectivity index (χ3n) is 6.18. The van der Waals surface area contributed by atoms with Crippen molar-refractivity contribution in [2.24, 2.45) is 11.3 Å². The Morgan fingerprint density at radius 2 is 1.92 bits per heavy atom. The van der Waals surface area contributed by atoms with Crippen molar-refractivity contribution in [1.82, 2.24) is 4.90 Å². The number of allylic oxidation sites excluding steroid dienone is 4. The van der Waals surface area contributed by atoms with Crippen LogP contribution in [0.1, 0.15) is 65.5 Å². The van der Waals surface area contributed by atoms with Crippen LogP contribution in [0, 0.1) is 11.3 Å². The fourth-order valence-corrected chi connectivity index (χ4v) is 4.27. The number of hydrogen-bond acceptors (Lipinski definition) is 1. The van der Waals surface area contributed by atoms with E-state index in [1.165, 1.54) is 22.4 Å². The topological polar surface area (TPSA) is 20.3 Å². The SMILES string of the molecule is CC(C)=C1CC=C2N([C@H](C)c3ccccc3)C(=O)C[C@@H](C)[C@]2(C)C1. The van der Waals surface area contributed by atoms with Crippen LogP contribution in [0.5, 0.6) is 0 Å². The van der Waals surface area contributed by atoms with Crippen LogP contribution >= 0.6 is 0 Å². The minimum Gasteiger partial charge on any atom is -0.309 e. The summed E-state index contributed by atoms with van der Waals surface area (Å²) in [5.41, 5.74) is 5.47. The lowest BCUT2D eigenvalue weighted by atomic mass is 9.63. The van der Waals surface area contributed by atoms with Gasteiger partial charge in [0, 0.05) is 17.5 Å². The van der Waals surface area contributed by atoms with Crippen LogP contribution in [-0.4, -0.2) is 10.8 Å². The third kappa shape index (κ3) is 2.72. The van der Waals surface area contributed by atoms with E-state index in [0.29, 0.717) is 12.3 Å². The Kier molecular flexibility index (Phi) is 4.42. The number of nitrogens with zero attached hydrogens (tertiary/aromatic N) is 1. The standard InChI is InChI=1S/C22H29NO/c1-15(2)19-11-12-20-22(5,14-19)16(3)13-21(24)23(20)17(4)18-9-7-6-8-10-18/h6-10,12,16-17H,11,13-14H2,1-5H3/t16-,17-,22+/m1/s1. The van der Waals surface area contributed by atoms with E-state index in [0.717, 1.165) is 12.8 Å². The molecule has 0 N–H and O–H groups in total. The molecule has 1 aromatic rings. The van der Waals surface area contributed by atoms with Gasteiger partial charge in [-0.2, -0.15) is 0 Å². The van der Waals surface area contributed by atoms with Crippen LogP contribution in [-0.2, 0) is 4.79 Å². The van der Waals surface area contributed by atoms with Gasteiger partial charge in [0.1, 0.15) is 0 Å². The maximum absolute atomic E-state index is 12.9. The number of rotatable bonds is 2. The largest absolute Gasteiger partial charge is 0.309 e. The van der Waals surface area contributed by atoms with Crippen LogP contribution in [0.3, 0.4) is 0 Å². The van der Waals surface area contributed by atoms with Crippen LogP contribution < -0.4 is 0 Å². The lowest BCUT2D eigenvalue weighted by Gasteiger charge is -2.51. The highest BCUT2D eigenvalue weighted by Crippen LogP contribution is 2.53. The Morgan fingerprint density at radius 3 is 2.54 bits per heavy atom. The minimum atomic E-state index is 0.0573. The molecule has 1 saturated heterocycles. The van der Waals surface area contributed by atoms with Gasteiger partial charge in [0.2, 0.25) is 5.91 Å². The van der Waals surface area contributed by atoms with E-state index in [4.69, 9.17) is 0 Å². The van der Waals surface area contributed by atoms with Crippen molar-refractivity contribution >= 4 is 5.91 Å². The van der Waals surface area contributed by atoms with Gasteiger partial charge in [-0.25, -0.2) is 0 Å². The molecule has 0 bridgehead atoms. The van der Waals surface area contributed by atoms with Crippen molar-refractivity contribution in [3.05, 3.63) is 58.8 Å². The van der Waals surface area contributed by atoms with Gasteiger partial charge in [-0.05, 0) is 45.1 Å². The first-order valence-electron chi connectivity index (χ1n) is 9.07. The molecule has 3 rings (SSSR count). The summed E-state index contributed by atoms with van der Waals surface area (Å²) >= 11 is 0. The molecular weight excluding hydrogens is 294 g/mol. The molecule has 0 unspecified atom stereocenters. The molecule has 1 aliphatic heterocycles. The van der Waals surface area contributed by atoms with Crippen LogP contribution in [0.4, 0.5) is 0 Å². The molecule has 1 aliphatic carbocycles. The second-order valence-electron chi connectivity index (χ2n) is 7.95. The van der Waals surface area contributed by atoms with E-state index in [1.807, 2.05) is 6.07 Å². The fourth-order valence-electron chi connectivity index (χ4n) is 4.27. The van der Waals surface area contributed by atoms with E-state index >= 15 is 0 Å². The molecule has 1 heterocycles. The summed E-state index contributed by atoms with van der Waals surface area (Å²) in [4.78, 5) is 15.0. The van der Waals surface area contributed by atoms with Crippen molar-refractivity contribution in [3.63, 3.8) is 0 Å². The van der Waals surface area contributed by atoms with Crippen LogP contribution in [0.2, 0.25) is 0 Å². The normalized spacial score (nSPS) is 28.3. The highest BCUT2D eigenvalue weighted by atomic mass is 16.2. The first kappa shape index (κ1) is 17.0. The van der Waals surface area contributed by atoms with E-state index in [2.05, 4.69) is 69.9 Å². The predicted octanol–water partition coefficient (Wildman–Crippen LogP) is 5.64. The summed E-state index contributed by atoms with van der Waals surface area (Å²) in [7, 11) is 0. The molecule has 2 heteroatoms. The summed E-state index contributed by atoms with van der Waals surface area (Å²) < 4.78 is 0. The molecule has 1 amide bonds. The first-order valence-corrected chi connectivity index (χ1v) is 9.07. The Bertz CT molecular complexity index is 696. The van der Waals surface area contributed by atoms with E-state index in [-0.39, 0.29) is 17.4 Å². The van der Waals surface area contributed by atoms with Crippen molar-refractivity contribution < 1.29 is 4.79 Å². The average Bonchev–Trinajstić information content (AvgIpc) is 2.56. The number of fused-ring (bicyclic) bond motifs is 1. The maximum atomic E-state index is 12.9. The molecule has 1 fully saturated rings. The molecule has 2 nitrogen and oxygen atoms in total. The van der Waals surface area contributed by atoms with Crippen LogP contribution in [0.25, 0.3) is 0 Å². The minimum absolute atomic E-state index is 0.0573. The summed E-state index contributed by atoms with van der Waals surface area (Å²) in [5.74, 6) is 0.647. The Morgan fingerprint density at radius 1 is 1.25 bits per heavy atom. The zero-order valence-electron chi connectivity index (χ0n) is 15.6. The average molecular weight is 323 g/mol. The lowest BCUT2D eigenvalue weighted by molar-refractivity contribution is -0.138. The quantitative estimate of drug-likeness (QED) is 0.645. The smallest absolute Gasteiger partial charge is 0.227 e. The van der Waals surface area contributed by atoms with Gasteiger partial charge in [-0.15, -0.1) is 0 Å². The van der Waals surface area contributed by atoms with E-state index < -0.39 is 0 Å². The number of benzene rings is 1. The third-order valence-corrected chi connectivity index (χ3v) is 6.18. The molecule has 0 saturated carbocycles. The Labute approximate surface area is 146 Å². The monoisotopic (exact) mass is 323 g/mol. The highest BCUT2D eigenvalue weighted by Gasteiger charge is 2.48. The summed E-state index contributed by atoms with van der Waals surface area (Å²) in [6, 6.07) is 10.5. The number of hydrogen-bond donors (Lipinski definition) is 0. The Hall–Kier alpha value is -1.83. The highest BCUT2D eigenvalue weighted by molar-refractivity contribution is 5.81. The second kappa shape index (κ2) is 6.23. The van der Waals surface area contributed by atoms with E-state index in [9.17, 15) is 4.79 Å². The zero-order chi connectivity index (χ0) is 17.5. The molecule has 24 heavy (non-hydrogen) atoms. The zero-order valence-corrected chi connectivity index (χ0v) is 15.6. The van der Waals surface area contributed by atoms with Gasteiger partial charge in [-0.3, -0.25) is 4.79 Å². The Balaban J connectivity index is 2.04. The molecule has 1 aromatic carbocycles. The van der Waals surface area contributed by atoms with Gasteiger partial charge in [0.15, 0.2) is 0 Å². The van der Waals surface area contributed by atoms with Crippen molar-refractivity contribution in [3.8, 4) is 0 Å². The predicted molar refractivity (Wildman–Crippen MR) is 99.3 cm³/mol. The van der Waals surface area contributed by atoms with Gasteiger partial charge >= 0.3 is 0 Å². The molecule has 2 aliphatic rings. The molecular formula is C22H29NO. The fraction of sp³-hybridized carbons (Fsp3) is 0.500. The van der Waals surface area contributed by atoms with Crippen molar-refractivity contribution in [2.45, 2.75) is 59.9 Å². The van der Waals surface area contributed by atoms with Gasteiger partial charge in [0.05, 0.1) is 6.04 Å². The van der Waals surface area contributed by atoms with Gasteiger partial charge in [0.25, 0.3) is 0 Å². The molecule has 3 atom stereocenters. The van der Waals surface area contributed by atoms with E-state index in [1.54, 1.807) is 0 Å². The number of likely N-dealkylation sites (tertiary alicyclic amines) is 1. The molecule has 0 aromatic heterocycles. The van der Waals surface area contributed by atoms with Crippen molar-refractivity contribution in [2.75, 3.05) is 0 Å². The van der Waals surface area contributed by atoms with Crippen LogP contribution in [0.15, 0.2) is 53.3 Å². The number of carbonyl (C=O) groups excluding carboxylic acids is 1.